The first-order chi connectivity index (χ1) is 11.0. The van der Waals surface area contributed by atoms with Crippen molar-refractivity contribution in [3.63, 3.8) is 0 Å². The van der Waals surface area contributed by atoms with E-state index in [0.717, 1.165) is 12.1 Å². The topological polar surface area (TPSA) is 23.6 Å². The van der Waals surface area contributed by atoms with Crippen molar-refractivity contribution in [3.8, 4) is 0 Å². The van der Waals surface area contributed by atoms with Crippen LogP contribution in [0.5, 0.6) is 0 Å². The standard InChI is InChI=1S/C16H12ClF3N2O/c17-13-8-12(3-4-14(13)19)22-6-5-21(16(22)23)9-10-1-2-11(18)7-15(10)20/h1-4,7-8H,5-6,9H2. The molecule has 0 aromatic heterocycles. The van der Waals surface area contributed by atoms with Crippen LogP contribution in [0, 0.1) is 17.5 Å². The minimum Gasteiger partial charge on any atom is -0.318 e. The normalized spacial score (nSPS) is 14.7. The van der Waals surface area contributed by atoms with E-state index in [9.17, 15) is 18.0 Å². The van der Waals surface area contributed by atoms with Crippen LogP contribution >= 0.6 is 11.6 Å². The van der Waals surface area contributed by atoms with Crippen molar-refractivity contribution in [2.24, 2.45) is 0 Å². The quantitative estimate of drug-likeness (QED) is 0.821. The Kier molecular flexibility index (Phi) is 4.17. The highest BCUT2D eigenvalue weighted by Crippen LogP contribution is 2.26. The molecule has 23 heavy (non-hydrogen) atoms. The molecule has 0 saturated carbocycles. The monoisotopic (exact) mass is 340 g/mol. The number of nitrogens with zero attached hydrogens (tertiary/aromatic N) is 2. The molecule has 0 radical (unpaired) electrons. The lowest BCUT2D eigenvalue weighted by Gasteiger charge is -2.19. The summed E-state index contributed by atoms with van der Waals surface area (Å²) < 4.78 is 39.8. The number of carbonyl (C=O) groups excluding carboxylic acids is 1. The molecule has 2 aromatic rings. The van der Waals surface area contributed by atoms with Crippen molar-refractivity contribution in [2.45, 2.75) is 6.54 Å². The molecular formula is C16H12ClF3N2O. The Morgan fingerprint density at radius 3 is 2.48 bits per heavy atom. The maximum absolute atomic E-state index is 13.7. The van der Waals surface area contributed by atoms with Crippen LogP contribution in [0.15, 0.2) is 36.4 Å². The highest BCUT2D eigenvalue weighted by molar-refractivity contribution is 6.31. The molecule has 1 heterocycles. The maximum atomic E-state index is 13.7. The van der Waals surface area contributed by atoms with Gasteiger partial charge in [0.15, 0.2) is 0 Å². The third-order valence-corrected chi connectivity index (χ3v) is 3.98. The van der Waals surface area contributed by atoms with Crippen molar-refractivity contribution in [3.05, 3.63) is 64.4 Å². The smallest absolute Gasteiger partial charge is 0.318 e. The van der Waals surface area contributed by atoms with E-state index in [0.29, 0.717) is 18.8 Å². The molecule has 2 aromatic carbocycles. The van der Waals surface area contributed by atoms with Gasteiger partial charge in [0.25, 0.3) is 0 Å². The van der Waals surface area contributed by atoms with E-state index in [1.54, 1.807) is 0 Å². The SMILES string of the molecule is O=C1N(Cc2ccc(F)cc2F)CCN1c1ccc(F)c(Cl)c1. The second-order valence-electron chi connectivity index (χ2n) is 5.19. The van der Waals surface area contributed by atoms with Crippen molar-refractivity contribution >= 4 is 23.3 Å². The van der Waals surface area contributed by atoms with Gasteiger partial charge in [-0.05, 0) is 24.3 Å². The Balaban J connectivity index is 1.77. The second-order valence-corrected chi connectivity index (χ2v) is 5.60. The van der Waals surface area contributed by atoms with Gasteiger partial charge in [0.05, 0.1) is 11.6 Å². The van der Waals surface area contributed by atoms with Crippen LogP contribution in [0.25, 0.3) is 0 Å². The van der Waals surface area contributed by atoms with Gasteiger partial charge in [0.1, 0.15) is 17.5 Å². The van der Waals surface area contributed by atoms with Crippen LogP contribution in [-0.2, 0) is 6.54 Å². The van der Waals surface area contributed by atoms with Gasteiger partial charge in [-0.15, -0.1) is 0 Å². The molecule has 3 rings (SSSR count). The average Bonchev–Trinajstić information content (AvgIpc) is 2.86. The number of anilines is 1. The first-order valence-corrected chi connectivity index (χ1v) is 7.29. The van der Waals surface area contributed by atoms with E-state index < -0.39 is 17.5 Å². The van der Waals surface area contributed by atoms with Gasteiger partial charge in [-0.1, -0.05) is 17.7 Å². The van der Waals surface area contributed by atoms with Crippen molar-refractivity contribution in [1.82, 2.24) is 4.90 Å². The molecule has 3 nitrogen and oxygen atoms in total. The predicted molar refractivity (Wildman–Crippen MR) is 80.9 cm³/mol. The highest BCUT2D eigenvalue weighted by Gasteiger charge is 2.30. The molecule has 0 N–H and O–H groups in total. The highest BCUT2D eigenvalue weighted by atomic mass is 35.5. The third-order valence-electron chi connectivity index (χ3n) is 3.69. The molecule has 0 unspecified atom stereocenters. The Morgan fingerprint density at radius 2 is 1.78 bits per heavy atom. The molecule has 0 bridgehead atoms. The summed E-state index contributed by atoms with van der Waals surface area (Å²) >= 11 is 5.73. The Morgan fingerprint density at radius 1 is 1.00 bits per heavy atom. The summed E-state index contributed by atoms with van der Waals surface area (Å²) in [5.74, 6) is -1.92. The number of benzene rings is 2. The number of urea groups is 1. The van der Waals surface area contributed by atoms with Crippen LogP contribution in [0.1, 0.15) is 5.56 Å². The Hall–Kier alpha value is -2.21. The third kappa shape index (κ3) is 3.12. The summed E-state index contributed by atoms with van der Waals surface area (Å²) in [5, 5.41) is -0.0710. The van der Waals surface area contributed by atoms with Gasteiger partial charge in [0.2, 0.25) is 0 Å². The molecular weight excluding hydrogens is 329 g/mol. The lowest BCUT2D eigenvalue weighted by Crippen LogP contribution is -2.31. The average molecular weight is 341 g/mol. The first-order valence-electron chi connectivity index (χ1n) is 6.91. The van der Waals surface area contributed by atoms with Crippen molar-refractivity contribution in [2.75, 3.05) is 18.0 Å². The van der Waals surface area contributed by atoms with E-state index >= 15 is 0 Å². The van der Waals surface area contributed by atoms with Crippen LogP contribution in [-0.4, -0.2) is 24.0 Å². The van der Waals surface area contributed by atoms with Gasteiger partial charge in [-0.25, -0.2) is 18.0 Å². The Labute approximate surface area is 135 Å². The number of hydrogen-bond acceptors (Lipinski definition) is 1. The summed E-state index contributed by atoms with van der Waals surface area (Å²) in [7, 11) is 0. The molecule has 7 heteroatoms. The first kappa shape index (κ1) is 15.7. The van der Waals surface area contributed by atoms with E-state index in [4.69, 9.17) is 11.6 Å². The minimum atomic E-state index is -0.693. The lowest BCUT2D eigenvalue weighted by atomic mass is 10.2. The van der Waals surface area contributed by atoms with Gasteiger partial charge in [-0.2, -0.15) is 0 Å². The molecule has 120 valence electrons. The summed E-state index contributed by atoms with van der Waals surface area (Å²) in [5.41, 5.74) is 0.710. The van der Waals surface area contributed by atoms with Crippen LogP contribution in [0.4, 0.5) is 23.7 Å². The molecule has 0 atom stereocenters. The number of rotatable bonds is 3. The minimum absolute atomic E-state index is 0.0381. The molecule has 1 aliphatic rings. The number of halogens is 4. The lowest BCUT2D eigenvalue weighted by molar-refractivity contribution is 0.218. The summed E-state index contributed by atoms with van der Waals surface area (Å²) in [4.78, 5) is 15.3. The zero-order chi connectivity index (χ0) is 16.6. The van der Waals surface area contributed by atoms with Gasteiger partial charge in [0, 0.05) is 30.4 Å². The predicted octanol–water partition coefficient (Wildman–Crippen LogP) is 4.20. The van der Waals surface area contributed by atoms with Crippen molar-refractivity contribution < 1.29 is 18.0 Å². The molecule has 1 saturated heterocycles. The van der Waals surface area contributed by atoms with E-state index in [1.807, 2.05) is 0 Å². The van der Waals surface area contributed by atoms with E-state index in [1.165, 1.54) is 34.1 Å². The second kappa shape index (κ2) is 6.12. The van der Waals surface area contributed by atoms with E-state index in [-0.39, 0.29) is 23.2 Å². The largest absolute Gasteiger partial charge is 0.324 e. The molecule has 2 amide bonds. The fourth-order valence-electron chi connectivity index (χ4n) is 2.48. The fourth-order valence-corrected chi connectivity index (χ4v) is 2.65. The van der Waals surface area contributed by atoms with Gasteiger partial charge >= 0.3 is 6.03 Å². The summed E-state index contributed by atoms with van der Waals surface area (Å²) in [6.45, 7) is 0.796. The maximum Gasteiger partial charge on any atom is 0.324 e. The fraction of sp³-hybridized carbons (Fsp3) is 0.188. The van der Waals surface area contributed by atoms with Crippen LogP contribution in [0.3, 0.4) is 0 Å². The molecule has 0 spiro atoms. The molecule has 1 fully saturated rings. The van der Waals surface area contributed by atoms with Crippen LogP contribution in [0.2, 0.25) is 5.02 Å². The van der Waals surface area contributed by atoms with Gasteiger partial charge < -0.3 is 4.90 Å². The summed E-state index contributed by atoms with van der Waals surface area (Å²) in [6.07, 6.45) is 0. The Bertz CT molecular complexity index is 769. The molecule has 0 aliphatic carbocycles. The zero-order valence-electron chi connectivity index (χ0n) is 11.9. The number of amides is 2. The molecule has 1 aliphatic heterocycles. The number of hydrogen-bond donors (Lipinski definition) is 0. The van der Waals surface area contributed by atoms with E-state index in [2.05, 4.69) is 0 Å². The van der Waals surface area contributed by atoms with Crippen molar-refractivity contribution in [1.29, 1.82) is 0 Å². The van der Waals surface area contributed by atoms with Gasteiger partial charge in [-0.3, -0.25) is 4.90 Å². The number of carbonyl (C=O) groups is 1. The zero-order valence-corrected chi connectivity index (χ0v) is 12.7. The van der Waals surface area contributed by atoms with Crippen LogP contribution < -0.4 is 4.90 Å². The summed E-state index contributed by atoms with van der Waals surface area (Å²) in [6, 6.07) is 6.93.